The number of H-pyrrole nitrogens is 1. The van der Waals surface area contributed by atoms with Crippen LogP contribution in [0.2, 0.25) is 10.0 Å². The third-order valence-corrected chi connectivity index (χ3v) is 6.23. The Morgan fingerprint density at radius 1 is 1.06 bits per heavy atom. The summed E-state index contributed by atoms with van der Waals surface area (Å²) in [4.78, 5) is 27.4. The van der Waals surface area contributed by atoms with Gasteiger partial charge in [-0.2, -0.15) is 0 Å². The third kappa shape index (κ3) is 5.41. The second-order valence-electron chi connectivity index (χ2n) is 7.98. The second-order valence-corrected chi connectivity index (χ2v) is 8.82. The lowest BCUT2D eigenvalue weighted by molar-refractivity contribution is -0.123. The molecule has 31 heavy (non-hydrogen) atoms. The molecule has 3 aromatic rings. The minimum atomic E-state index is -0.126. The molecular weight excluding hydrogens is 433 g/mol. The molecule has 1 aliphatic carbocycles. The first-order valence-corrected chi connectivity index (χ1v) is 11.3. The fourth-order valence-corrected chi connectivity index (χ4v) is 4.35. The van der Waals surface area contributed by atoms with Crippen molar-refractivity contribution < 1.29 is 9.59 Å². The standard InChI is InChI=1S/C24H25Cl2N3O2/c25-16-9-10-17(21(26)12-16)19(20-13-28-22-5-2-1-4-18(20)22)14-29-23(30)6-3-11-27-24(31)15-7-8-15/h1-2,4-5,9-10,12-13,15,19,28H,3,6-8,11,14H2,(H,27,31)(H,29,30). The summed E-state index contributed by atoms with van der Waals surface area (Å²) in [6.07, 6.45) is 4.91. The molecule has 162 valence electrons. The van der Waals surface area contributed by atoms with Crippen molar-refractivity contribution in [1.29, 1.82) is 0 Å². The highest BCUT2D eigenvalue weighted by Gasteiger charge is 2.29. The number of benzene rings is 2. The van der Waals surface area contributed by atoms with Crippen LogP contribution >= 0.6 is 23.2 Å². The highest BCUT2D eigenvalue weighted by Crippen LogP contribution is 2.35. The molecule has 0 bridgehead atoms. The Bertz CT molecular complexity index is 1090. The molecule has 0 saturated heterocycles. The molecule has 1 saturated carbocycles. The molecule has 2 amide bonds. The summed E-state index contributed by atoms with van der Waals surface area (Å²) in [6, 6.07) is 13.5. The molecule has 2 aromatic carbocycles. The molecule has 5 nitrogen and oxygen atoms in total. The number of halogens is 2. The number of carbonyl (C=O) groups is 2. The zero-order chi connectivity index (χ0) is 21.8. The van der Waals surface area contributed by atoms with Crippen molar-refractivity contribution in [2.24, 2.45) is 5.92 Å². The number of hydrogen-bond acceptors (Lipinski definition) is 2. The van der Waals surface area contributed by atoms with E-state index in [1.807, 2.05) is 36.5 Å². The number of amides is 2. The molecule has 1 aliphatic rings. The lowest BCUT2D eigenvalue weighted by atomic mass is 9.90. The van der Waals surface area contributed by atoms with Crippen molar-refractivity contribution in [2.45, 2.75) is 31.6 Å². The highest BCUT2D eigenvalue weighted by atomic mass is 35.5. The van der Waals surface area contributed by atoms with Gasteiger partial charge in [0.05, 0.1) is 0 Å². The van der Waals surface area contributed by atoms with Crippen molar-refractivity contribution in [3.8, 4) is 0 Å². The van der Waals surface area contributed by atoms with E-state index in [4.69, 9.17) is 23.2 Å². The first kappa shape index (κ1) is 21.7. The maximum Gasteiger partial charge on any atom is 0.223 e. The maximum atomic E-state index is 12.5. The van der Waals surface area contributed by atoms with Gasteiger partial charge in [0, 0.05) is 58.5 Å². The van der Waals surface area contributed by atoms with Crippen molar-refractivity contribution in [3.63, 3.8) is 0 Å². The first-order chi connectivity index (χ1) is 15.0. The van der Waals surface area contributed by atoms with Gasteiger partial charge in [-0.1, -0.05) is 47.5 Å². The fraction of sp³-hybridized carbons (Fsp3) is 0.333. The molecule has 0 spiro atoms. The van der Waals surface area contributed by atoms with Crippen LogP contribution < -0.4 is 10.6 Å². The van der Waals surface area contributed by atoms with Crippen LogP contribution in [-0.2, 0) is 9.59 Å². The predicted molar refractivity (Wildman–Crippen MR) is 125 cm³/mol. The summed E-state index contributed by atoms with van der Waals surface area (Å²) >= 11 is 12.6. The monoisotopic (exact) mass is 457 g/mol. The average Bonchev–Trinajstić information content (AvgIpc) is 3.53. The van der Waals surface area contributed by atoms with Crippen LogP contribution in [0, 0.1) is 5.92 Å². The van der Waals surface area contributed by atoms with Crippen LogP contribution in [0.4, 0.5) is 0 Å². The van der Waals surface area contributed by atoms with Gasteiger partial charge in [-0.05, 0) is 48.6 Å². The second kappa shape index (κ2) is 9.75. The van der Waals surface area contributed by atoms with E-state index in [1.54, 1.807) is 6.07 Å². The van der Waals surface area contributed by atoms with Gasteiger partial charge in [0.1, 0.15) is 0 Å². The quantitative estimate of drug-likeness (QED) is 0.394. The number of carbonyl (C=O) groups excluding carboxylic acids is 2. The van der Waals surface area contributed by atoms with Gasteiger partial charge in [0.2, 0.25) is 11.8 Å². The Labute approximate surface area is 191 Å². The van der Waals surface area contributed by atoms with Crippen molar-refractivity contribution in [2.75, 3.05) is 13.1 Å². The summed E-state index contributed by atoms with van der Waals surface area (Å²) in [5.41, 5.74) is 3.01. The SMILES string of the molecule is O=C(CCCNC(=O)C1CC1)NCC(c1ccc(Cl)cc1Cl)c1c[nH]c2ccccc12. The number of para-hydroxylation sites is 1. The number of aromatic nitrogens is 1. The Balaban J connectivity index is 1.43. The molecule has 1 unspecified atom stereocenters. The number of rotatable bonds is 9. The Hall–Kier alpha value is -2.50. The van der Waals surface area contributed by atoms with Crippen LogP contribution in [0.3, 0.4) is 0 Å². The zero-order valence-electron chi connectivity index (χ0n) is 17.1. The number of nitrogens with one attached hydrogen (secondary N) is 3. The Morgan fingerprint density at radius 3 is 2.65 bits per heavy atom. The highest BCUT2D eigenvalue weighted by molar-refractivity contribution is 6.35. The minimum absolute atomic E-state index is 0.0457. The Morgan fingerprint density at radius 2 is 1.87 bits per heavy atom. The molecule has 1 heterocycles. The molecule has 1 fully saturated rings. The largest absolute Gasteiger partial charge is 0.361 e. The molecule has 0 radical (unpaired) electrons. The summed E-state index contributed by atoms with van der Waals surface area (Å²) in [7, 11) is 0. The van der Waals surface area contributed by atoms with Crippen molar-refractivity contribution >= 4 is 45.9 Å². The number of fused-ring (bicyclic) bond motifs is 1. The van der Waals surface area contributed by atoms with E-state index in [2.05, 4.69) is 21.7 Å². The lowest BCUT2D eigenvalue weighted by Gasteiger charge is -2.20. The molecular formula is C24H25Cl2N3O2. The van der Waals surface area contributed by atoms with Gasteiger partial charge < -0.3 is 15.6 Å². The van der Waals surface area contributed by atoms with Crippen LogP contribution in [0.1, 0.15) is 42.7 Å². The summed E-state index contributed by atoms with van der Waals surface area (Å²) in [5, 5.41) is 8.17. The van der Waals surface area contributed by atoms with Gasteiger partial charge in [0.15, 0.2) is 0 Å². The third-order valence-electron chi connectivity index (χ3n) is 5.67. The molecule has 1 aromatic heterocycles. The summed E-state index contributed by atoms with van der Waals surface area (Å²) < 4.78 is 0. The van der Waals surface area contributed by atoms with Crippen LogP contribution in [0.25, 0.3) is 10.9 Å². The minimum Gasteiger partial charge on any atom is -0.361 e. The number of hydrogen-bond donors (Lipinski definition) is 3. The molecule has 0 aliphatic heterocycles. The van der Waals surface area contributed by atoms with Crippen molar-refractivity contribution in [1.82, 2.24) is 15.6 Å². The van der Waals surface area contributed by atoms with E-state index in [-0.39, 0.29) is 23.7 Å². The van der Waals surface area contributed by atoms with Gasteiger partial charge >= 0.3 is 0 Å². The van der Waals surface area contributed by atoms with E-state index in [9.17, 15) is 9.59 Å². The van der Waals surface area contributed by atoms with E-state index >= 15 is 0 Å². The van der Waals surface area contributed by atoms with Gasteiger partial charge in [-0.3, -0.25) is 9.59 Å². The van der Waals surface area contributed by atoms with E-state index in [1.165, 1.54) is 0 Å². The summed E-state index contributed by atoms with van der Waals surface area (Å²) in [6.45, 7) is 0.939. The lowest BCUT2D eigenvalue weighted by Crippen LogP contribution is -2.30. The molecule has 4 rings (SSSR count). The van der Waals surface area contributed by atoms with Gasteiger partial charge in [-0.25, -0.2) is 0 Å². The van der Waals surface area contributed by atoms with E-state index < -0.39 is 0 Å². The normalized spacial score (nSPS) is 14.4. The predicted octanol–water partition coefficient (Wildman–Crippen LogP) is 5.03. The topological polar surface area (TPSA) is 74.0 Å². The van der Waals surface area contributed by atoms with Gasteiger partial charge in [0.25, 0.3) is 0 Å². The molecule has 7 heteroatoms. The van der Waals surface area contributed by atoms with E-state index in [0.29, 0.717) is 36.0 Å². The van der Waals surface area contributed by atoms with Crippen molar-refractivity contribution in [3.05, 3.63) is 69.8 Å². The maximum absolute atomic E-state index is 12.5. The fourth-order valence-electron chi connectivity index (χ4n) is 3.81. The van der Waals surface area contributed by atoms with Crippen LogP contribution in [-0.4, -0.2) is 29.9 Å². The average molecular weight is 458 g/mol. The molecule has 3 N–H and O–H groups in total. The first-order valence-electron chi connectivity index (χ1n) is 10.6. The summed E-state index contributed by atoms with van der Waals surface area (Å²) in [5.74, 6) is 0.127. The van der Waals surface area contributed by atoms with Crippen LogP contribution in [0.15, 0.2) is 48.7 Å². The van der Waals surface area contributed by atoms with Gasteiger partial charge in [-0.15, -0.1) is 0 Å². The molecule has 1 atom stereocenters. The Kier molecular flexibility index (Phi) is 6.83. The van der Waals surface area contributed by atoms with Crippen LogP contribution in [0.5, 0.6) is 0 Å². The number of aromatic amines is 1. The smallest absolute Gasteiger partial charge is 0.223 e. The zero-order valence-corrected chi connectivity index (χ0v) is 18.6. The van der Waals surface area contributed by atoms with E-state index in [0.717, 1.165) is 34.9 Å².